The zero-order chi connectivity index (χ0) is 7.41. The third-order valence-electron chi connectivity index (χ3n) is 0.0481. The third-order valence-corrected chi connectivity index (χ3v) is 0.144. The summed E-state index contributed by atoms with van der Waals surface area (Å²) in [5.74, 6) is 0. The molecule has 8 heavy (non-hydrogen) atoms. The molecule has 0 aliphatic carbocycles. The number of rotatable bonds is 1. The monoisotopic (exact) mass is 260 g/mol. The first-order chi connectivity index (χ1) is 3.91. The Bertz CT molecular complexity index is 52.0. The first-order valence-corrected chi connectivity index (χ1v) is 4.29. The van der Waals surface area contributed by atoms with Crippen LogP contribution < -0.4 is 0 Å². The van der Waals surface area contributed by atoms with Gasteiger partial charge in [0, 0.05) is 0 Å². The minimum atomic E-state index is -0.790. The van der Waals surface area contributed by atoms with Crippen LogP contribution in [0.4, 0.5) is 0 Å². The first-order valence-electron chi connectivity index (χ1n) is 1.20. The molecule has 0 amide bonds. The molecule has 0 saturated carbocycles. The van der Waals surface area contributed by atoms with E-state index in [-0.39, 0.29) is 18.3 Å². The molecule has 8 heteroatoms. The van der Waals surface area contributed by atoms with Gasteiger partial charge in [0.15, 0.2) is 0 Å². The number of hydrogen-bond acceptors (Lipinski definition) is 4. The Labute approximate surface area is 71.1 Å². The standard InChI is InChI=1S/BO2Si.Nb.2O.Zn/c2-1-4-3;;;;. The SMILES string of the molecule is O=B[Si]=O.[O]=[Nb].[O]=[Zn]. The van der Waals surface area contributed by atoms with Crippen LogP contribution in [0.5, 0.6) is 0 Å². The molecular formula is BNbO4SiZn. The van der Waals surface area contributed by atoms with Crippen LogP contribution in [0.15, 0.2) is 0 Å². The predicted octanol–water partition coefficient (Wildman–Crippen LogP) is -1.24. The fraction of sp³-hybridized carbons (Fsp3) is 0. The van der Waals surface area contributed by atoms with Crippen LogP contribution in [0.25, 0.3) is 0 Å². The summed E-state index contributed by atoms with van der Waals surface area (Å²) in [4.78, 5) is 0. The van der Waals surface area contributed by atoms with Crippen LogP contribution >= 0.6 is 0 Å². The van der Waals surface area contributed by atoms with E-state index in [1.54, 1.807) is 0 Å². The van der Waals surface area contributed by atoms with E-state index in [4.69, 9.17) is 16.0 Å². The van der Waals surface area contributed by atoms with Gasteiger partial charge in [-0.2, -0.15) is 0 Å². The summed E-state index contributed by atoms with van der Waals surface area (Å²) >= 11 is 0.625. The van der Waals surface area contributed by atoms with Gasteiger partial charge >= 0.3 is 71.3 Å². The van der Waals surface area contributed by atoms with Crippen molar-refractivity contribution in [2.45, 2.75) is 0 Å². The van der Waals surface area contributed by atoms with Crippen molar-refractivity contribution in [3.63, 3.8) is 0 Å². The zero-order valence-electron chi connectivity index (χ0n) is 3.86. The Kier molecular flexibility index (Phi) is 90.4. The van der Waals surface area contributed by atoms with Crippen LogP contribution in [0.1, 0.15) is 0 Å². The van der Waals surface area contributed by atoms with Gasteiger partial charge in [-0.1, -0.05) is 0 Å². The summed E-state index contributed by atoms with van der Waals surface area (Å²) in [6.07, 6.45) is 0. The van der Waals surface area contributed by atoms with Crippen molar-refractivity contribution in [3.8, 4) is 0 Å². The summed E-state index contributed by atoms with van der Waals surface area (Å²) in [5.41, 5.74) is 0. The fourth-order valence-corrected chi connectivity index (χ4v) is 0. The molecule has 0 aliphatic rings. The second kappa shape index (κ2) is 45.4. The molecule has 0 spiro atoms. The Hall–Kier alpha value is 0.845. The van der Waals surface area contributed by atoms with Gasteiger partial charge in [0.1, 0.15) is 0 Å². The average molecular weight is 261 g/mol. The van der Waals surface area contributed by atoms with Gasteiger partial charge < -0.3 is 0 Å². The first kappa shape index (κ1) is 15.9. The van der Waals surface area contributed by atoms with Crippen molar-refractivity contribution in [1.29, 1.82) is 0 Å². The van der Waals surface area contributed by atoms with E-state index >= 15 is 0 Å². The van der Waals surface area contributed by atoms with E-state index in [2.05, 4.69) is 0 Å². The van der Waals surface area contributed by atoms with Crippen molar-refractivity contribution in [2.75, 3.05) is 0 Å². The van der Waals surface area contributed by atoms with Crippen molar-refractivity contribution in [3.05, 3.63) is 0 Å². The Morgan fingerprint density at radius 3 is 1.50 bits per heavy atom. The van der Waals surface area contributed by atoms with Crippen molar-refractivity contribution in [2.24, 2.45) is 0 Å². The third kappa shape index (κ3) is 68.7. The van der Waals surface area contributed by atoms with E-state index < -0.39 is 9.28 Å². The van der Waals surface area contributed by atoms with Gasteiger partial charge in [-0.15, -0.1) is 0 Å². The van der Waals surface area contributed by atoms with E-state index in [9.17, 15) is 0 Å². The van der Waals surface area contributed by atoms with E-state index in [1.165, 1.54) is 0 Å². The summed E-state index contributed by atoms with van der Waals surface area (Å²) in [7, 11) is -0.790. The molecule has 0 aromatic rings. The van der Waals surface area contributed by atoms with Gasteiger partial charge in [0.05, 0.1) is 0 Å². The molecule has 0 aromatic heterocycles. The molecule has 0 heterocycles. The maximum atomic E-state index is 8.96. The second-order valence-corrected chi connectivity index (χ2v) is 0.707. The molecule has 0 saturated heterocycles. The summed E-state index contributed by atoms with van der Waals surface area (Å²) in [6.45, 7) is 0.347. The van der Waals surface area contributed by atoms with Gasteiger partial charge in [-0.25, -0.2) is 0 Å². The molecule has 0 rings (SSSR count). The minimum absolute atomic E-state index is 0.125. The predicted molar refractivity (Wildman–Crippen MR) is 14.3 cm³/mol. The molecular weight excluding hydrogens is 261 g/mol. The van der Waals surface area contributed by atoms with Gasteiger partial charge in [0.2, 0.25) is 0 Å². The molecule has 1 radical (unpaired) electrons. The van der Waals surface area contributed by atoms with Crippen LogP contribution in [0, 0.1) is 0 Å². The molecule has 0 aromatic carbocycles. The second-order valence-electron chi connectivity index (χ2n) is 0.236. The summed E-state index contributed by atoms with van der Waals surface area (Å²) < 4.78 is 34.5. The zero-order valence-corrected chi connectivity index (χ0v) is 10.0. The molecule has 0 atom stereocenters. The van der Waals surface area contributed by atoms with Crippen LogP contribution in [-0.2, 0) is 55.3 Å². The molecule has 4 nitrogen and oxygen atoms in total. The van der Waals surface area contributed by atoms with Gasteiger partial charge in [0.25, 0.3) is 0 Å². The van der Waals surface area contributed by atoms with Crippen LogP contribution in [0.3, 0.4) is 0 Å². The topological polar surface area (TPSA) is 68.3 Å². The number of hydrogen-bond donors (Lipinski definition) is 0. The summed E-state index contributed by atoms with van der Waals surface area (Å²) in [6, 6.07) is 0. The molecule has 38 valence electrons. The molecule has 0 unspecified atom stereocenters. The molecule has 0 fully saturated rings. The van der Waals surface area contributed by atoms with Crippen LogP contribution in [-0.4, -0.2) is 16.0 Å². The van der Waals surface area contributed by atoms with E-state index in [0.29, 0.717) is 27.8 Å². The van der Waals surface area contributed by atoms with E-state index in [1.807, 2.05) is 0 Å². The quantitative estimate of drug-likeness (QED) is 0.554. The van der Waals surface area contributed by atoms with Crippen LogP contribution in [0.2, 0.25) is 0 Å². The van der Waals surface area contributed by atoms with Crippen molar-refractivity contribution >= 4 is 16.0 Å². The Morgan fingerprint density at radius 1 is 1.38 bits per heavy atom. The van der Waals surface area contributed by atoms with E-state index in [0.717, 1.165) is 0 Å². The molecule has 0 N–H and O–H groups in total. The average Bonchev–Trinajstić information content (AvgIpc) is 1.96. The molecule has 0 aliphatic heterocycles. The van der Waals surface area contributed by atoms with Gasteiger partial charge in [-0.3, -0.25) is 0 Å². The Balaban J connectivity index is -0.0000000542. The van der Waals surface area contributed by atoms with Crippen molar-refractivity contribution < 1.29 is 55.3 Å². The summed E-state index contributed by atoms with van der Waals surface area (Å²) in [5, 5.41) is 0. The van der Waals surface area contributed by atoms with Crippen molar-refractivity contribution in [1.82, 2.24) is 0 Å². The Morgan fingerprint density at radius 2 is 1.50 bits per heavy atom. The normalized spacial score (nSPS) is 3.12. The van der Waals surface area contributed by atoms with Gasteiger partial charge in [-0.05, 0) is 0 Å². The fourth-order valence-electron chi connectivity index (χ4n) is 0. The molecule has 0 bridgehead atoms. The maximum absolute atomic E-state index is 8.96.